The van der Waals surface area contributed by atoms with Crippen LogP contribution < -0.4 is 14.9 Å². The molecule has 0 saturated carbocycles. The van der Waals surface area contributed by atoms with Crippen LogP contribution in [0.4, 0.5) is 11.6 Å². The van der Waals surface area contributed by atoms with Crippen LogP contribution in [0.1, 0.15) is 43.5 Å². The second kappa shape index (κ2) is 7.70. The third-order valence-electron chi connectivity index (χ3n) is 5.62. The molecule has 2 aromatic rings. The van der Waals surface area contributed by atoms with Gasteiger partial charge in [0.25, 0.3) is 15.9 Å². The van der Waals surface area contributed by atoms with E-state index in [0.717, 1.165) is 25.8 Å². The highest BCUT2D eigenvalue weighted by molar-refractivity contribution is 7.90. The summed E-state index contributed by atoms with van der Waals surface area (Å²) in [5, 5.41) is 3.20. The summed E-state index contributed by atoms with van der Waals surface area (Å²) in [4.78, 5) is 23.6. The van der Waals surface area contributed by atoms with Crippen molar-refractivity contribution in [1.29, 1.82) is 0 Å². The molecule has 0 aromatic carbocycles. The first-order valence-corrected chi connectivity index (χ1v) is 11.7. The molecule has 0 spiro atoms. The molecule has 4 heterocycles. The maximum Gasteiger partial charge on any atom is 0.281 e. The number of hydrogen-bond donors (Lipinski definition) is 2. The smallest absolute Gasteiger partial charge is 0.281 e. The molecule has 160 valence electrons. The predicted molar refractivity (Wildman–Crippen MR) is 115 cm³/mol. The zero-order valence-corrected chi connectivity index (χ0v) is 18.4. The van der Waals surface area contributed by atoms with Gasteiger partial charge in [0.05, 0.1) is 5.56 Å². The number of fused-ring (bicyclic) bond motifs is 6. The van der Waals surface area contributed by atoms with Gasteiger partial charge in [-0.15, -0.1) is 0 Å². The Balaban J connectivity index is 1.80. The molecular formula is C20H24ClN5O3S. The van der Waals surface area contributed by atoms with E-state index in [0.29, 0.717) is 24.1 Å². The number of anilines is 2. The summed E-state index contributed by atoms with van der Waals surface area (Å²) in [6.45, 7) is 5.61. The summed E-state index contributed by atoms with van der Waals surface area (Å²) in [5.41, 5.74) is -0.0760. The summed E-state index contributed by atoms with van der Waals surface area (Å²) in [6.07, 6.45) is 2.85. The van der Waals surface area contributed by atoms with E-state index in [-0.39, 0.29) is 21.3 Å². The quantitative estimate of drug-likeness (QED) is 0.595. The van der Waals surface area contributed by atoms with E-state index in [9.17, 15) is 13.2 Å². The van der Waals surface area contributed by atoms with Crippen molar-refractivity contribution in [2.75, 3.05) is 23.3 Å². The number of halogens is 1. The van der Waals surface area contributed by atoms with Gasteiger partial charge in [-0.05, 0) is 63.3 Å². The number of amides is 1. The Morgan fingerprint density at radius 3 is 2.80 bits per heavy atom. The Hall–Kier alpha value is -2.39. The van der Waals surface area contributed by atoms with Crippen LogP contribution in [0, 0.1) is 5.92 Å². The highest BCUT2D eigenvalue weighted by Crippen LogP contribution is 2.39. The van der Waals surface area contributed by atoms with Gasteiger partial charge in [-0.2, -0.15) is 8.42 Å². The molecule has 1 unspecified atom stereocenters. The van der Waals surface area contributed by atoms with Crippen molar-refractivity contribution in [2.45, 2.75) is 43.7 Å². The van der Waals surface area contributed by atoms with Gasteiger partial charge in [-0.1, -0.05) is 17.7 Å². The Bertz CT molecular complexity index is 1090. The molecule has 0 radical (unpaired) electrons. The molecule has 2 aliphatic heterocycles. The van der Waals surface area contributed by atoms with Crippen LogP contribution in [-0.2, 0) is 10.0 Å². The fourth-order valence-corrected chi connectivity index (χ4v) is 5.34. The van der Waals surface area contributed by atoms with Crippen molar-refractivity contribution in [1.82, 2.24) is 14.7 Å². The number of pyridine rings is 2. The minimum absolute atomic E-state index is 0.167. The number of carbonyl (C=O) groups excluding carboxylic acids is 1. The lowest BCUT2D eigenvalue weighted by atomic mass is 9.93. The number of sulfonamides is 1. The molecule has 8 nitrogen and oxygen atoms in total. The fraction of sp³-hybridized carbons (Fsp3) is 0.450. The van der Waals surface area contributed by atoms with Crippen LogP contribution in [0.15, 0.2) is 35.4 Å². The topological polar surface area (TPSA) is 104 Å². The van der Waals surface area contributed by atoms with Gasteiger partial charge < -0.3 is 10.2 Å². The molecule has 10 heteroatoms. The molecular weight excluding hydrogens is 426 g/mol. The van der Waals surface area contributed by atoms with E-state index in [1.807, 2.05) is 0 Å². The fourth-order valence-electron chi connectivity index (χ4n) is 4.26. The lowest BCUT2D eigenvalue weighted by Crippen LogP contribution is -2.41. The van der Waals surface area contributed by atoms with Crippen molar-refractivity contribution >= 4 is 39.2 Å². The number of hydrogen-bond acceptors (Lipinski definition) is 7. The molecule has 4 bridgehead atoms. The SMILES string of the molecule is CC1(C)CC2CCCNc3cccc(n3)S(=O)(=O)NC(=O)c3ccc(Cl)nc3N1C2. The second-order valence-corrected chi connectivity index (χ2v) is 10.4. The summed E-state index contributed by atoms with van der Waals surface area (Å²) in [5.74, 6) is 0.523. The van der Waals surface area contributed by atoms with Gasteiger partial charge in [0, 0.05) is 18.6 Å². The molecule has 4 rings (SSSR count). The van der Waals surface area contributed by atoms with Crippen LogP contribution >= 0.6 is 11.6 Å². The lowest BCUT2D eigenvalue weighted by Gasteiger charge is -2.33. The summed E-state index contributed by atoms with van der Waals surface area (Å²) in [6, 6.07) is 7.67. The predicted octanol–water partition coefficient (Wildman–Crippen LogP) is 3.06. The average Bonchev–Trinajstić information content (AvgIpc) is 2.98. The molecule has 1 amide bonds. The Kier molecular flexibility index (Phi) is 5.36. The molecule has 1 saturated heterocycles. The third-order valence-corrected chi connectivity index (χ3v) is 7.06. The van der Waals surface area contributed by atoms with Gasteiger partial charge in [-0.25, -0.2) is 14.7 Å². The molecule has 0 aliphatic carbocycles. The van der Waals surface area contributed by atoms with E-state index in [4.69, 9.17) is 11.6 Å². The van der Waals surface area contributed by atoms with Crippen molar-refractivity contribution in [3.63, 3.8) is 0 Å². The van der Waals surface area contributed by atoms with Crippen molar-refractivity contribution in [2.24, 2.45) is 5.92 Å². The standard InChI is InChI=1S/C20H24ClN5O3S/c1-20(2)11-13-5-4-10-22-16-6-3-7-17(24-16)30(28,29)25-19(27)14-8-9-15(21)23-18(14)26(20)12-13/h3,6-9,13H,4-5,10-12H2,1-2H3,(H,22,24)(H,25,27). The molecule has 2 aliphatic rings. The first-order chi connectivity index (χ1) is 14.2. The van der Waals surface area contributed by atoms with Crippen molar-refractivity contribution in [3.8, 4) is 0 Å². The van der Waals surface area contributed by atoms with Crippen LogP contribution in [0.5, 0.6) is 0 Å². The highest BCUT2D eigenvalue weighted by atomic mass is 35.5. The van der Waals surface area contributed by atoms with Gasteiger partial charge in [0.15, 0.2) is 5.03 Å². The van der Waals surface area contributed by atoms with E-state index in [1.54, 1.807) is 12.1 Å². The highest BCUT2D eigenvalue weighted by Gasteiger charge is 2.40. The Morgan fingerprint density at radius 2 is 2.00 bits per heavy atom. The van der Waals surface area contributed by atoms with Crippen LogP contribution in [-0.4, -0.2) is 42.9 Å². The lowest BCUT2D eigenvalue weighted by molar-refractivity contribution is 0.0981. The third kappa shape index (κ3) is 4.09. The van der Waals surface area contributed by atoms with Gasteiger partial charge in [-0.3, -0.25) is 4.79 Å². The molecule has 1 fully saturated rings. The Morgan fingerprint density at radius 1 is 1.20 bits per heavy atom. The number of nitrogens with one attached hydrogen (secondary N) is 2. The van der Waals surface area contributed by atoms with Crippen LogP contribution in [0.2, 0.25) is 5.15 Å². The zero-order valence-electron chi connectivity index (χ0n) is 16.9. The maximum absolute atomic E-state index is 13.0. The number of carbonyl (C=O) groups is 1. The first-order valence-electron chi connectivity index (χ1n) is 9.88. The summed E-state index contributed by atoms with van der Waals surface area (Å²) in [7, 11) is -4.15. The minimum Gasteiger partial charge on any atom is -0.370 e. The van der Waals surface area contributed by atoms with E-state index in [1.165, 1.54) is 18.2 Å². The molecule has 1 atom stereocenters. The summed E-state index contributed by atoms with van der Waals surface area (Å²) >= 11 is 6.14. The number of aromatic nitrogens is 2. The van der Waals surface area contributed by atoms with Crippen LogP contribution in [0.25, 0.3) is 0 Å². The zero-order chi connectivity index (χ0) is 21.5. The average molecular weight is 450 g/mol. The summed E-state index contributed by atoms with van der Waals surface area (Å²) < 4.78 is 27.7. The van der Waals surface area contributed by atoms with Crippen molar-refractivity contribution < 1.29 is 13.2 Å². The monoisotopic (exact) mass is 449 g/mol. The molecule has 2 N–H and O–H groups in total. The number of rotatable bonds is 0. The van der Waals surface area contributed by atoms with E-state index in [2.05, 4.69) is 38.8 Å². The molecule has 2 aromatic heterocycles. The van der Waals surface area contributed by atoms with Gasteiger partial charge in [0.2, 0.25) is 0 Å². The minimum atomic E-state index is -4.15. The van der Waals surface area contributed by atoms with Crippen LogP contribution in [0.3, 0.4) is 0 Å². The van der Waals surface area contributed by atoms with Gasteiger partial charge >= 0.3 is 0 Å². The molecule has 30 heavy (non-hydrogen) atoms. The second-order valence-electron chi connectivity index (χ2n) is 8.36. The first kappa shape index (κ1) is 20.9. The van der Waals surface area contributed by atoms with Gasteiger partial charge in [0.1, 0.15) is 16.8 Å². The normalized spacial score (nSPS) is 22.8. The maximum atomic E-state index is 13.0. The Labute approximate surface area is 181 Å². The largest absolute Gasteiger partial charge is 0.370 e. The van der Waals surface area contributed by atoms with Crippen molar-refractivity contribution in [3.05, 3.63) is 41.0 Å². The number of nitrogens with zero attached hydrogens (tertiary/aromatic N) is 3. The van der Waals surface area contributed by atoms with E-state index >= 15 is 0 Å². The van der Waals surface area contributed by atoms with E-state index < -0.39 is 15.9 Å².